The van der Waals surface area contributed by atoms with Gasteiger partial charge >= 0.3 is 5.97 Å². The molecule has 0 aromatic rings. The Labute approximate surface area is 110 Å². The first-order valence-electron chi connectivity index (χ1n) is 7.30. The maximum Gasteiger partial charge on any atom is 0.327 e. The highest BCUT2D eigenvalue weighted by Gasteiger charge is 2.49. The summed E-state index contributed by atoms with van der Waals surface area (Å²) in [7, 11) is 0. The summed E-state index contributed by atoms with van der Waals surface area (Å²) in [6.07, 6.45) is 4.50. The van der Waals surface area contributed by atoms with Gasteiger partial charge in [0, 0.05) is 25.2 Å². The summed E-state index contributed by atoms with van der Waals surface area (Å²) in [4.78, 5) is 14.7. The third-order valence-corrected chi connectivity index (χ3v) is 4.16. The van der Waals surface area contributed by atoms with Gasteiger partial charge in [0.2, 0.25) is 0 Å². The summed E-state index contributed by atoms with van der Waals surface area (Å²) in [6.45, 7) is 8.47. The number of likely N-dealkylation sites (tertiary alicyclic amines) is 1. The minimum atomic E-state index is -0.464. The SMILES string of the molecule is CCOC(=O)C1(NC(C)CC)CCN(C2CC2)C1. The molecule has 0 amide bonds. The Morgan fingerprint density at radius 2 is 2.22 bits per heavy atom. The van der Waals surface area contributed by atoms with Gasteiger partial charge in [0.05, 0.1) is 6.61 Å². The average Bonchev–Trinajstić information content (AvgIpc) is 3.12. The maximum atomic E-state index is 12.3. The third kappa shape index (κ3) is 2.86. The lowest BCUT2D eigenvalue weighted by molar-refractivity contribution is -0.151. The van der Waals surface area contributed by atoms with E-state index >= 15 is 0 Å². The predicted molar refractivity (Wildman–Crippen MR) is 71.5 cm³/mol. The van der Waals surface area contributed by atoms with Crippen LogP contribution in [-0.2, 0) is 9.53 Å². The first-order chi connectivity index (χ1) is 8.61. The van der Waals surface area contributed by atoms with Crippen molar-refractivity contribution in [2.24, 2.45) is 0 Å². The van der Waals surface area contributed by atoms with E-state index in [1.165, 1.54) is 12.8 Å². The Morgan fingerprint density at radius 1 is 1.50 bits per heavy atom. The minimum Gasteiger partial charge on any atom is -0.465 e. The van der Waals surface area contributed by atoms with Crippen molar-refractivity contribution in [3.05, 3.63) is 0 Å². The van der Waals surface area contributed by atoms with E-state index in [-0.39, 0.29) is 5.97 Å². The maximum absolute atomic E-state index is 12.3. The van der Waals surface area contributed by atoms with Crippen LogP contribution >= 0.6 is 0 Å². The second-order valence-corrected chi connectivity index (χ2v) is 5.71. The van der Waals surface area contributed by atoms with Crippen molar-refractivity contribution in [2.75, 3.05) is 19.7 Å². The number of ether oxygens (including phenoxy) is 1. The normalized spacial score (nSPS) is 30.4. The van der Waals surface area contributed by atoms with Gasteiger partial charge in [-0.2, -0.15) is 0 Å². The molecule has 2 unspecified atom stereocenters. The van der Waals surface area contributed by atoms with E-state index in [0.29, 0.717) is 12.6 Å². The van der Waals surface area contributed by atoms with Crippen LogP contribution in [-0.4, -0.2) is 48.2 Å². The number of nitrogens with zero attached hydrogens (tertiary/aromatic N) is 1. The first kappa shape index (κ1) is 13.8. The largest absolute Gasteiger partial charge is 0.465 e. The van der Waals surface area contributed by atoms with Crippen LogP contribution in [0.2, 0.25) is 0 Å². The number of rotatable bonds is 6. The van der Waals surface area contributed by atoms with Crippen LogP contribution in [0.5, 0.6) is 0 Å². The lowest BCUT2D eigenvalue weighted by atomic mass is 9.97. The molecule has 2 rings (SSSR count). The van der Waals surface area contributed by atoms with E-state index in [0.717, 1.165) is 32.0 Å². The molecular formula is C14H26N2O2. The fourth-order valence-corrected chi connectivity index (χ4v) is 2.78. The fraction of sp³-hybridized carbons (Fsp3) is 0.929. The van der Waals surface area contributed by atoms with E-state index in [9.17, 15) is 4.79 Å². The second-order valence-electron chi connectivity index (χ2n) is 5.71. The van der Waals surface area contributed by atoms with E-state index in [2.05, 4.69) is 24.1 Å². The van der Waals surface area contributed by atoms with Crippen molar-refractivity contribution in [1.82, 2.24) is 10.2 Å². The second kappa shape index (κ2) is 5.57. The Morgan fingerprint density at radius 3 is 2.78 bits per heavy atom. The molecule has 1 saturated carbocycles. The molecule has 1 heterocycles. The van der Waals surface area contributed by atoms with Gasteiger partial charge in [-0.15, -0.1) is 0 Å². The summed E-state index contributed by atoms with van der Waals surface area (Å²) in [5.41, 5.74) is -0.464. The Kier molecular flexibility index (Phi) is 4.28. The molecule has 2 atom stereocenters. The highest BCUT2D eigenvalue weighted by molar-refractivity contribution is 5.81. The van der Waals surface area contributed by atoms with Crippen molar-refractivity contribution in [3.8, 4) is 0 Å². The van der Waals surface area contributed by atoms with Crippen LogP contribution in [0.1, 0.15) is 46.5 Å². The highest BCUT2D eigenvalue weighted by Crippen LogP contribution is 2.34. The number of hydrogen-bond acceptors (Lipinski definition) is 4. The van der Waals surface area contributed by atoms with E-state index < -0.39 is 5.54 Å². The number of hydrogen-bond donors (Lipinski definition) is 1. The van der Waals surface area contributed by atoms with Gasteiger partial charge in [-0.1, -0.05) is 6.92 Å². The van der Waals surface area contributed by atoms with Crippen LogP contribution < -0.4 is 5.32 Å². The fourth-order valence-electron chi connectivity index (χ4n) is 2.78. The lowest BCUT2D eigenvalue weighted by Gasteiger charge is -2.31. The van der Waals surface area contributed by atoms with Crippen molar-refractivity contribution in [1.29, 1.82) is 0 Å². The molecule has 1 N–H and O–H groups in total. The number of carbonyl (C=O) groups excluding carboxylic acids is 1. The molecule has 0 bridgehead atoms. The first-order valence-corrected chi connectivity index (χ1v) is 7.30. The number of esters is 1. The molecule has 104 valence electrons. The van der Waals surface area contributed by atoms with Crippen molar-refractivity contribution in [2.45, 2.75) is 64.1 Å². The van der Waals surface area contributed by atoms with Crippen LogP contribution in [0.4, 0.5) is 0 Å². The highest BCUT2D eigenvalue weighted by atomic mass is 16.5. The standard InChI is InChI=1S/C14H26N2O2/c1-4-11(3)15-14(13(17)18-5-2)8-9-16(10-14)12-6-7-12/h11-12,15H,4-10H2,1-3H3. The molecule has 0 radical (unpaired) electrons. The van der Waals surface area contributed by atoms with Crippen LogP contribution in [0, 0.1) is 0 Å². The van der Waals surface area contributed by atoms with E-state index in [1.54, 1.807) is 0 Å². The van der Waals surface area contributed by atoms with Crippen molar-refractivity contribution < 1.29 is 9.53 Å². The summed E-state index contributed by atoms with van der Waals surface area (Å²) >= 11 is 0. The minimum absolute atomic E-state index is 0.0616. The summed E-state index contributed by atoms with van der Waals surface area (Å²) < 4.78 is 5.29. The molecule has 1 aliphatic heterocycles. The summed E-state index contributed by atoms with van der Waals surface area (Å²) in [5, 5.41) is 3.52. The molecule has 18 heavy (non-hydrogen) atoms. The summed E-state index contributed by atoms with van der Waals surface area (Å²) in [6, 6.07) is 1.08. The monoisotopic (exact) mass is 254 g/mol. The Balaban J connectivity index is 2.04. The van der Waals surface area contributed by atoms with Gasteiger partial charge in [0.15, 0.2) is 0 Å². The Hall–Kier alpha value is -0.610. The molecule has 4 nitrogen and oxygen atoms in total. The van der Waals surface area contributed by atoms with Gasteiger partial charge < -0.3 is 4.74 Å². The zero-order chi connectivity index (χ0) is 13.2. The quantitative estimate of drug-likeness (QED) is 0.730. The predicted octanol–water partition coefficient (Wildman–Crippen LogP) is 1.54. The zero-order valence-corrected chi connectivity index (χ0v) is 11.9. The zero-order valence-electron chi connectivity index (χ0n) is 11.9. The smallest absolute Gasteiger partial charge is 0.327 e. The molecule has 0 spiro atoms. The topological polar surface area (TPSA) is 41.6 Å². The van der Waals surface area contributed by atoms with Gasteiger partial charge in [-0.3, -0.25) is 10.2 Å². The van der Waals surface area contributed by atoms with Crippen LogP contribution in [0.25, 0.3) is 0 Å². The van der Waals surface area contributed by atoms with Gasteiger partial charge in [-0.05, 0) is 39.5 Å². The molecule has 0 aromatic carbocycles. The van der Waals surface area contributed by atoms with Crippen molar-refractivity contribution in [3.63, 3.8) is 0 Å². The van der Waals surface area contributed by atoms with Crippen LogP contribution in [0.15, 0.2) is 0 Å². The summed E-state index contributed by atoms with van der Waals surface area (Å²) in [5.74, 6) is -0.0616. The molecule has 2 fully saturated rings. The van der Waals surface area contributed by atoms with Crippen LogP contribution in [0.3, 0.4) is 0 Å². The molecular weight excluding hydrogens is 228 g/mol. The van der Waals surface area contributed by atoms with Gasteiger partial charge in [-0.25, -0.2) is 4.79 Å². The van der Waals surface area contributed by atoms with E-state index in [4.69, 9.17) is 4.74 Å². The Bertz CT molecular complexity index is 304. The molecule has 1 saturated heterocycles. The number of nitrogens with one attached hydrogen (secondary N) is 1. The molecule has 4 heteroatoms. The van der Waals surface area contributed by atoms with Crippen molar-refractivity contribution >= 4 is 5.97 Å². The van der Waals surface area contributed by atoms with E-state index in [1.807, 2.05) is 6.92 Å². The lowest BCUT2D eigenvalue weighted by Crippen LogP contribution is -2.57. The molecule has 0 aromatic heterocycles. The van der Waals surface area contributed by atoms with Gasteiger partial charge in [0.1, 0.15) is 5.54 Å². The van der Waals surface area contributed by atoms with Gasteiger partial charge in [0.25, 0.3) is 0 Å². The third-order valence-electron chi connectivity index (χ3n) is 4.16. The average molecular weight is 254 g/mol. The molecule has 1 aliphatic carbocycles. The molecule has 2 aliphatic rings. The number of carbonyl (C=O) groups is 1.